The topological polar surface area (TPSA) is 59.8 Å². The number of fused-ring (bicyclic) bond motifs is 1. The third kappa shape index (κ3) is 4.52. The molecule has 1 atom stereocenters. The van der Waals surface area contributed by atoms with Crippen LogP contribution in [0.5, 0.6) is 5.75 Å². The van der Waals surface area contributed by atoms with Crippen LogP contribution in [0.1, 0.15) is 6.42 Å². The van der Waals surface area contributed by atoms with Gasteiger partial charge >= 0.3 is 0 Å². The van der Waals surface area contributed by atoms with Gasteiger partial charge in [-0.1, -0.05) is 24.3 Å². The Balaban J connectivity index is 1.49. The Morgan fingerprint density at radius 1 is 1.18 bits per heavy atom. The molecule has 0 bridgehead atoms. The molecule has 6 heteroatoms. The zero-order valence-electron chi connectivity index (χ0n) is 16.3. The molecule has 148 valence electrons. The fraction of sp³-hybridized carbons (Fsp3) is 0.409. The van der Waals surface area contributed by atoms with Gasteiger partial charge in [0.25, 0.3) is 0 Å². The van der Waals surface area contributed by atoms with Crippen molar-refractivity contribution < 1.29 is 14.6 Å². The number of aromatic nitrogens is 2. The van der Waals surface area contributed by atoms with E-state index in [1.165, 1.54) is 0 Å². The lowest BCUT2D eigenvalue weighted by molar-refractivity contribution is 0.0659. The van der Waals surface area contributed by atoms with E-state index in [0.717, 1.165) is 60.5 Å². The monoisotopic (exact) mass is 381 g/mol. The summed E-state index contributed by atoms with van der Waals surface area (Å²) >= 11 is 0. The highest BCUT2D eigenvalue weighted by atomic mass is 16.5. The number of rotatable bonds is 6. The van der Waals surface area contributed by atoms with E-state index >= 15 is 0 Å². The molecule has 6 nitrogen and oxygen atoms in total. The molecule has 2 aromatic carbocycles. The second-order valence-corrected chi connectivity index (χ2v) is 7.30. The van der Waals surface area contributed by atoms with Crippen LogP contribution in [0, 0.1) is 0 Å². The molecule has 3 aromatic rings. The van der Waals surface area contributed by atoms with E-state index < -0.39 is 6.10 Å². The Kier molecular flexibility index (Phi) is 5.90. The van der Waals surface area contributed by atoms with E-state index in [1.54, 1.807) is 4.68 Å². The van der Waals surface area contributed by atoms with E-state index in [9.17, 15) is 5.11 Å². The number of benzene rings is 2. The number of aryl methyl sites for hydroxylation is 1. The maximum atomic E-state index is 10.4. The SMILES string of the molecule is Cn1ccc(-c2cc(OCC(O)CN3CCCOCC3)cc3ccccc23)n1. The van der Waals surface area contributed by atoms with Gasteiger partial charge < -0.3 is 14.6 Å². The molecule has 1 aliphatic rings. The molecule has 4 rings (SSSR count). The summed E-state index contributed by atoms with van der Waals surface area (Å²) in [6.07, 6.45) is 2.40. The minimum Gasteiger partial charge on any atom is -0.491 e. The standard InChI is InChI=1S/C22H27N3O3/c1-24-9-7-22(23-24)21-14-19(13-17-5-2-3-6-20(17)21)28-16-18(26)15-25-8-4-11-27-12-10-25/h2-3,5-7,9,13-14,18,26H,4,8,10-12,15-16H2,1H3. The van der Waals surface area contributed by atoms with Crippen LogP contribution < -0.4 is 4.74 Å². The molecule has 1 unspecified atom stereocenters. The number of aliphatic hydroxyl groups excluding tert-OH is 1. The summed E-state index contributed by atoms with van der Waals surface area (Å²) in [5, 5.41) is 17.2. The van der Waals surface area contributed by atoms with Gasteiger partial charge in [0.2, 0.25) is 0 Å². The summed E-state index contributed by atoms with van der Waals surface area (Å²) in [6, 6.07) is 14.3. The first kappa shape index (κ1) is 18.9. The highest BCUT2D eigenvalue weighted by Gasteiger charge is 2.15. The predicted octanol–water partition coefficient (Wildman–Crippen LogP) is 2.70. The van der Waals surface area contributed by atoms with Gasteiger partial charge in [-0.2, -0.15) is 5.10 Å². The van der Waals surface area contributed by atoms with E-state index in [4.69, 9.17) is 9.47 Å². The predicted molar refractivity (Wildman–Crippen MR) is 110 cm³/mol. The van der Waals surface area contributed by atoms with Crippen LogP contribution in [0.3, 0.4) is 0 Å². The van der Waals surface area contributed by atoms with Gasteiger partial charge in [-0.15, -0.1) is 0 Å². The summed E-state index contributed by atoms with van der Waals surface area (Å²) in [5.74, 6) is 0.748. The van der Waals surface area contributed by atoms with Gasteiger partial charge in [-0.25, -0.2) is 0 Å². The molecule has 0 radical (unpaired) electrons. The van der Waals surface area contributed by atoms with E-state index in [-0.39, 0.29) is 6.61 Å². The second-order valence-electron chi connectivity index (χ2n) is 7.30. The van der Waals surface area contributed by atoms with Gasteiger partial charge in [0, 0.05) is 45.0 Å². The molecular weight excluding hydrogens is 354 g/mol. The molecule has 1 aliphatic heterocycles. The number of nitrogens with zero attached hydrogens (tertiary/aromatic N) is 3. The smallest absolute Gasteiger partial charge is 0.120 e. The normalized spacial score (nSPS) is 16.8. The first-order valence-electron chi connectivity index (χ1n) is 9.83. The van der Waals surface area contributed by atoms with Crippen molar-refractivity contribution in [1.29, 1.82) is 0 Å². The summed E-state index contributed by atoms with van der Waals surface area (Å²) < 4.78 is 13.2. The molecule has 0 aliphatic carbocycles. The molecule has 0 saturated carbocycles. The van der Waals surface area contributed by atoms with Gasteiger partial charge in [0.15, 0.2) is 0 Å². The summed E-state index contributed by atoms with van der Waals surface area (Å²) in [4.78, 5) is 2.24. The number of aliphatic hydroxyl groups is 1. The van der Waals surface area contributed by atoms with Crippen LogP contribution in [-0.4, -0.2) is 65.3 Å². The Hall–Kier alpha value is -2.41. The average Bonchev–Trinajstić information content (AvgIpc) is 2.97. The van der Waals surface area contributed by atoms with Crippen LogP contribution in [0.2, 0.25) is 0 Å². The number of hydrogen-bond acceptors (Lipinski definition) is 5. The molecule has 0 spiro atoms. The Bertz CT molecular complexity index is 916. The van der Waals surface area contributed by atoms with Gasteiger partial charge in [-0.3, -0.25) is 9.58 Å². The van der Waals surface area contributed by atoms with Crippen molar-refractivity contribution in [2.75, 3.05) is 39.5 Å². The zero-order chi connectivity index (χ0) is 19.3. The maximum absolute atomic E-state index is 10.4. The summed E-state index contributed by atoms with van der Waals surface area (Å²) in [7, 11) is 1.91. The van der Waals surface area contributed by atoms with Crippen LogP contribution >= 0.6 is 0 Å². The fourth-order valence-corrected chi connectivity index (χ4v) is 3.66. The minimum atomic E-state index is -0.539. The van der Waals surface area contributed by atoms with Gasteiger partial charge in [0.05, 0.1) is 12.3 Å². The lowest BCUT2D eigenvalue weighted by atomic mass is 10.0. The molecule has 1 fully saturated rings. The second kappa shape index (κ2) is 8.73. The zero-order valence-corrected chi connectivity index (χ0v) is 16.3. The molecule has 2 heterocycles. The van der Waals surface area contributed by atoms with Crippen molar-refractivity contribution in [3.05, 3.63) is 48.7 Å². The molecular formula is C22H27N3O3. The van der Waals surface area contributed by atoms with E-state index in [2.05, 4.69) is 22.1 Å². The Morgan fingerprint density at radius 2 is 2.07 bits per heavy atom. The maximum Gasteiger partial charge on any atom is 0.120 e. The first-order valence-corrected chi connectivity index (χ1v) is 9.83. The van der Waals surface area contributed by atoms with Crippen molar-refractivity contribution in [1.82, 2.24) is 14.7 Å². The number of ether oxygens (including phenoxy) is 2. The lowest BCUT2D eigenvalue weighted by Gasteiger charge is -2.22. The van der Waals surface area contributed by atoms with Crippen molar-refractivity contribution in [3.63, 3.8) is 0 Å². The lowest BCUT2D eigenvalue weighted by Crippen LogP contribution is -2.37. The molecule has 1 N–H and O–H groups in total. The van der Waals surface area contributed by atoms with Gasteiger partial charge in [0.1, 0.15) is 18.5 Å². The van der Waals surface area contributed by atoms with Gasteiger partial charge in [-0.05, 0) is 35.4 Å². The summed E-state index contributed by atoms with van der Waals surface area (Å²) in [6.45, 7) is 4.21. The first-order chi connectivity index (χ1) is 13.7. The Labute approximate surface area is 165 Å². The van der Waals surface area contributed by atoms with Crippen LogP contribution in [0.4, 0.5) is 0 Å². The van der Waals surface area contributed by atoms with Crippen LogP contribution in [0.25, 0.3) is 22.0 Å². The van der Waals surface area contributed by atoms with Crippen LogP contribution in [0.15, 0.2) is 48.7 Å². The average molecular weight is 381 g/mol. The largest absolute Gasteiger partial charge is 0.491 e. The summed E-state index contributed by atoms with van der Waals surface area (Å²) in [5.41, 5.74) is 1.95. The van der Waals surface area contributed by atoms with Crippen LogP contribution in [-0.2, 0) is 11.8 Å². The molecule has 0 amide bonds. The van der Waals surface area contributed by atoms with Crippen molar-refractivity contribution in [3.8, 4) is 17.0 Å². The van der Waals surface area contributed by atoms with Crippen molar-refractivity contribution in [2.45, 2.75) is 12.5 Å². The third-order valence-corrected chi connectivity index (χ3v) is 5.05. The Morgan fingerprint density at radius 3 is 2.93 bits per heavy atom. The minimum absolute atomic E-state index is 0.261. The van der Waals surface area contributed by atoms with E-state index in [0.29, 0.717) is 6.54 Å². The highest BCUT2D eigenvalue weighted by molar-refractivity contribution is 5.97. The highest BCUT2D eigenvalue weighted by Crippen LogP contribution is 2.32. The quantitative estimate of drug-likeness (QED) is 0.711. The van der Waals surface area contributed by atoms with E-state index in [1.807, 2.05) is 43.6 Å². The van der Waals surface area contributed by atoms with Crippen molar-refractivity contribution in [2.24, 2.45) is 7.05 Å². The third-order valence-electron chi connectivity index (χ3n) is 5.05. The molecule has 1 saturated heterocycles. The molecule has 28 heavy (non-hydrogen) atoms. The fourth-order valence-electron chi connectivity index (χ4n) is 3.66. The number of hydrogen-bond donors (Lipinski definition) is 1. The van der Waals surface area contributed by atoms with Crippen molar-refractivity contribution >= 4 is 10.8 Å². The number of β-amino-alcohol motifs (C(OH)–C–C–N with tert-alkyl or cyclic N) is 1. The molecule has 1 aromatic heterocycles.